The van der Waals surface area contributed by atoms with E-state index in [0.29, 0.717) is 96.7 Å². The number of nitriles is 2. The van der Waals surface area contributed by atoms with E-state index in [-0.39, 0.29) is 86.2 Å². The molecule has 16 atom stereocenters. The van der Waals surface area contributed by atoms with Crippen LogP contribution in [0.5, 0.6) is 0 Å². The van der Waals surface area contributed by atoms with Crippen molar-refractivity contribution in [2.75, 3.05) is 52.4 Å². The van der Waals surface area contributed by atoms with Crippen molar-refractivity contribution in [1.29, 1.82) is 10.5 Å². The Morgan fingerprint density at radius 2 is 0.352 bits per heavy atom. The maximum absolute atomic E-state index is 7.13. The van der Waals surface area contributed by atoms with Gasteiger partial charge in [0.25, 0.3) is 0 Å². The molecule has 8 aliphatic carbocycles. The van der Waals surface area contributed by atoms with Crippen molar-refractivity contribution in [3.05, 3.63) is 129 Å². The van der Waals surface area contributed by atoms with Gasteiger partial charge in [-0.05, 0) is 151 Å². The van der Waals surface area contributed by atoms with Gasteiger partial charge < -0.3 is 132 Å². The number of hydrogen-bond acceptors (Lipinski definition) is 26. The second kappa shape index (κ2) is 79.1. The van der Waals surface area contributed by atoms with Crippen molar-refractivity contribution < 1.29 is 71.4 Å². The van der Waals surface area contributed by atoms with Gasteiger partial charge in [0.1, 0.15) is 0 Å². The number of nitrogens with one attached hydrogen (secondary N) is 16. The average molecular weight is 2090 g/mol. The summed E-state index contributed by atoms with van der Waals surface area (Å²) in [4.78, 5) is 19.6. The van der Waals surface area contributed by atoms with Crippen LogP contribution < -0.4 is 85.1 Å². The number of thiocarbonyl (C=S) groups is 2. The Hall–Kier alpha value is -1.86. The van der Waals surface area contributed by atoms with E-state index in [2.05, 4.69) is 208 Å². The Morgan fingerprint density at radius 1 is 0.266 bits per heavy atom. The number of aromatic nitrogens is 4. The van der Waals surface area contributed by atoms with Crippen molar-refractivity contribution >= 4 is 100 Å². The first-order chi connectivity index (χ1) is 60.0. The third-order valence-electron chi connectivity index (χ3n) is 25.7. The van der Waals surface area contributed by atoms with Crippen molar-refractivity contribution in [1.82, 2.24) is 105 Å². The number of rotatable bonds is 0. The fourth-order valence-corrected chi connectivity index (χ4v) is 19.8. The second-order valence-electron chi connectivity index (χ2n) is 33.6. The maximum atomic E-state index is 7.13. The number of halogens is 4. The number of hydrogen-bond donors (Lipinski definition) is 16. The molecular weight excluding hydrogens is 1940 g/mol. The molecule has 0 spiro atoms. The first-order valence-corrected chi connectivity index (χ1v) is 53.5. The van der Waals surface area contributed by atoms with E-state index in [1.165, 1.54) is 272 Å². The summed E-state index contributed by atoms with van der Waals surface area (Å²) in [7, 11) is 19.2. The minimum Gasteiger partial charge on any atom is -0.753 e. The van der Waals surface area contributed by atoms with Gasteiger partial charge in [-0.2, -0.15) is 10.3 Å². The van der Waals surface area contributed by atoms with E-state index in [4.69, 9.17) is 81.7 Å². The molecule has 128 heavy (non-hydrogen) atoms. The number of nitrogens with zero attached hydrogens (tertiary/aromatic N) is 8. The summed E-state index contributed by atoms with van der Waals surface area (Å²) < 4.78 is 0. The van der Waals surface area contributed by atoms with E-state index in [9.17, 15) is 0 Å². The Kier molecular flexibility index (Phi) is 76.7. The molecule has 26 nitrogen and oxygen atoms in total. The number of thiocyanates is 2. The van der Waals surface area contributed by atoms with Crippen LogP contribution in [-0.4, -0.2) is 190 Å². The maximum Gasteiger partial charge on any atom is 0.0545 e. The summed E-state index contributed by atoms with van der Waals surface area (Å²) in [5.74, 6) is 0. The molecule has 2 radical (unpaired) electrons. The van der Waals surface area contributed by atoms with Crippen LogP contribution >= 0.6 is 64.8 Å². The summed E-state index contributed by atoms with van der Waals surface area (Å²) >= 11 is 14.8. The van der Waals surface area contributed by atoms with Gasteiger partial charge in [-0.25, -0.2) is 10.5 Å². The molecule has 4 aromatic rings. The molecule has 728 valence electrons. The molecule has 20 N–H and O–H groups in total. The SMILES string of the molecule is C.C.N#C[S-].N#C[S-].O.O.[Cl][Mn][Cl].[Cl][Mn][Cl].[Mn].[Mn].[N-]=C=S.[N-]=C=S.c1cc2nc(c1)CN[C@@H]1CCCCC1NCCNC1CCCC[C@H]1NC2.c1cc2nc(c1)CN[C@@H]1CCCCC1NCCNC1CCCC[C@H]1NC2.c1cc2nc(c1)CN[C@H]1CCCCC1NCCNC1CCCC[C@@H]1NC2.c1cc2nc(c1)CN[C@H]1CCCCC1NCCNC1CCCC[C@@H]1NC2. The first kappa shape index (κ1) is 124. The fraction of sp³-hybridized carbons (Fsp3) is 0.733. The normalized spacial score (nSPS) is 28.1. The minimum atomic E-state index is 0. The number of isothiocyanates is 2. The molecule has 0 aromatic carbocycles. The molecule has 0 saturated heterocycles. The van der Waals surface area contributed by atoms with Crippen molar-refractivity contribution in [3.63, 3.8) is 0 Å². The summed E-state index contributed by atoms with van der Waals surface area (Å²) in [5.41, 5.74) is 9.35. The molecule has 16 rings (SSSR count). The van der Waals surface area contributed by atoms with E-state index < -0.39 is 0 Å². The fourth-order valence-electron chi connectivity index (χ4n) is 19.8. The van der Waals surface area contributed by atoms with Crippen molar-refractivity contribution in [3.8, 4) is 10.8 Å². The molecule has 8 bridgehead atoms. The summed E-state index contributed by atoms with van der Waals surface area (Å²) in [5, 5.41) is 94.8. The predicted molar refractivity (Wildman–Crippen MR) is 526 cm³/mol. The van der Waals surface area contributed by atoms with Crippen LogP contribution in [0.25, 0.3) is 10.8 Å². The zero-order chi connectivity index (χ0) is 86.7. The smallest absolute Gasteiger partial charge is 0.0545 e. The molecule has 8 saturated carbocycles. The Morgan fingerprint density at radius 3 is 0.445 bits per heavy atom. The van der Waals surface area contributed by atoms with Crippen LogP contribution in [0.3, 0.4) is 0 Å². The van der Waals surface area contributed by atoms with Gasteiger partial charge >= 0.3 is 66.7 Å². The van der Waals surface area contributed by atoms with Crippen LogP contribution in [0.4, 0.5) is 0 Å². The number of fused-ring (bicyclic) bond motifs is 16. The van der Waals surface area contributed by atoms with Gasteiger partial charge in [0.05, 0.1) is 45.6 Å². The second-order valence-corrected chi connectivity index (χ2v) is 38.2. The zero-order valence-corrected chi connectivity index (χ0v) is 84.4. The van der Waals surface area contributed by atoms with Crippen molar-refractivity contribution in [2.45, 2.75) is 369 Å². The molecule has 0 amide bonds. The van der Waals surface area contributed by atoms with Crippen LogP contribution in [0.15, 0.2) is 72.8 Å². The molecule has 8 fully saturated rings. The van der Waals surface area contributed by atoms with E-state index in [0.717, 1.165) is 105 Å². The van der Waals surface area contributed by atoms with Gasteiger partial charge in [0.2, 0.25) is 0 Å². The molecule has 38 heteroatoms. The molecule has 12 aliphatic rings. The van der Waals surface area contributed by atoms with Crippen LogP contribution in [0.2, 0.25) is 0 Å². The van der Waals surface area contributed by atoms with E-state index in [1.807, 2.05) is 0 Å². The van der Waals surface area contributed by atoms with Gasteiger partial charge in [-0.3, -0.25) is 19.9 Å². The quantitative estimate of drug-likeness (QED) is 0.0256. The van der Waals surface area contributed by atoms with E-state index in [1.54, 1.807) is 0 Å². The van der Waals surface area contributed by atoms with E-state index >= 15 is 0 Å². The van der Waals surface area contributed by atoms with Crippen LogP contribution in [0, 0.1) is 21.3 Å². The van der Waals surface area contributed by atoms with Crippen LogP contribution in [-0.2, 0) is 138 Å². The third kappa shape index (κ3) is 49.9. The monoisotopic (exact) mass is 2090 g/mol. The molecule has 4 aromatic heterocycles. The summed E-state index contributed by atoms with van der Waals surface area (Å²) in [6.07, 6.45) is 42.1. The Balaban J connectivity index is 0.000000789. The Labute approximate surface area is 841 Å². The molecule has 8 unspecified atom stereocenters. The Bertz CT molecular complexity index is 2980. The van der Waals surface area contributed by atoms with Gasteiger partial charge in [0.15, 0.2) is 0 Å². The largest absolute Gasteiger partial charge is 0.753 e. The molecular formula is C90H152Cl4Mn4N24O2S4-4. The number of pyridine rings is 4. The topological polar surface area (TPSA) is 399 Å². The van der Waals surface area contributed by atoms with Gasteiger partial charge in [-0.1, -0.05) is 177 Å². The predicted octanol–water partition coefficient (Wildman–Crippen LogP) is 12.0. The van der Waals surface area contributed by atoms with Crippen LogP contribution in [0.1, 0.15) is 266 Å². The molecule has 8 heterocycles. The zero-order valence-electron chi connectivity index (χ0n) is 73.3. The average Bonchev–Trinajstić information content (AvgIpc) is 1.60. The standard InChI is InChI=1S/4C21H35N5.2CHNS.2CNS.2CH4.4ClH.4Mn.2H2O/c4*1-3-10-20-18(8-1)22-12-13-23-19-9-2-4-11-21(19)25-15-17-7-5-6-16(26-17)14-24-20;4*2-1-3;;;;;;;;;;;;/h4*5-7,18-25H,1-4,8-15H2;2*3H;;;2*1H4;4*1H;;;;;2*1H2/q;;;;;;2*-1;;;;;;;;;2*+2;;/p-6/t4*18?,19?,20-,21-;;;;;;;;;;;;;;;;/m1100................/s1. The minimum absolute atomic E-state index is 0. The van der Waals surface area contributed by atoms with Gasteiger partial charge in [0, 0.05) is 236 Å². The molecule has 4 aliphatic heterocycles. The van der Waals surface area contributed by atoms with Gasteiger partial charge in [-0.15, -0.1) is 0 Å². The third-order valence-corrected chi connectivity index (χ3v) is 25.7. The first-order valence-electron chi connectivity index (χ1n) is 45.3. The van der Waals surface area contributed by atoms with Crippen molar-refractivity contribution in [2.24, 2.45) is 0 Å². The summed E-state index contributed by atoms with van der Waals surface area (Å²) in [6, 6.07) is 35.2. The summed E-state index contributed by atoms with van der Waals surface area (Å²) in [6.45, 7) is 15.5.